The lowest BCUT2D eigenvalue weighted by atomic mass is 9.74. The number of halogens is 1. The van der Waals surface area contributed by atoms with E-state index in [1.807, 2.05) is 18.2 Å². The summed E-state index contributed by atoms with van der Waals surface area (Å²) in [5.74, 6) is -0.773. The molecule has 0 unspecified atom stereocenters. The van der Waals surface area contributed by atoms with Crippen molar-refractivity contribution < 1.29 is 14.7 Å². The summed E-state index contributed by atoms with van der Waals surface area (Å²) in [6.07, 6.45) is 2.43. The molecular formula is C14H16ClNO3S. The summed E-state index contributed by atoms with van der Waals surface area (Å²) in [7, 11) is 0. The number of nitrogens with one attached hydrogen (secondary N) is 1. The Morgan fingerprint density at radius 3 is 2.60 bits per heavy atom. The van der Waals surface area contributed by atoms with Crippen molar-refractivity contribution in [1.29, 1.82) is 0 Å². The van der Waals surface area contributed by atoms with E-state index in [-0.39, 0.29) is 18.1 Å². The molecule has 0 atom stereocenters. The zero-order valence-electron chi connectivity index (χ0n) is 10.9. The molecule has 1 aromatic carbocycles. The van der Waals surface area contributed by atoms with Gasteiger partial charge in [-0.1, -0.05) is 23.7 Å². The fraction of sp³-hybridized carbons (Fsp3) is 0.429. The van der Waals surface area contributed by atoms with Gasteiger partial charge < -0.3 is 10.4 Å². The maximum atomic E-state index is 11.9. The number of carbonyl (C=O) groups is 2. The van der Waals surface area contributed by atoms with Gasteiger partial charge in [0.15, 0.2) is 0 Å². The monoisotopic (exact) mass is 313 g/mol. The lowest BCUT2D eigenvalue weighted by Crippen LogP contribution is -2.55. The van der Waals surface area contributed by atoms with Crippen molar-refractivity contribution in [2.75, 3.05) is 5.75 Å². The minimum absolute atomic E-state index is 0.00446. The van der Waals surface area contributed by atoms with Crippen molar-refractivity contribution >= 4 is 35.2 Å². The SMILES string of the molecule is O=C(O)CC1(NC(=O)CSc2ccccc2Cl)CCC1. The van der Waals surface area contributed by atoms with Crippen molar-refractivity contribution in [2.45, 2.75) is 36.1 Å². The first-order chi connectivity index (χ1) is 9.51. The summed E-state index contributed by atoms with van der Waals surface area (Å²) >= 11 is 7.38. The van der Waals surface area contributed by atoms with Gasteiger partial charge in [-0.25, -0.2) is 0 Å². The van der Waals surface area contributed by atoms with Crippen LogP contribution in [-0.4, -0.2) is 28.3 Å². The Bertz CT molecular complexity index is 517. The van der Waals surface area contributed by atoms with Crippen molar-refractivity contribution in [1.82, 2.24) is 5.32 Å². The molecule has 0 heterocycles. The minimum atomic E-state index is -0.872. The number of aliphatic carboxylic acids is 1. The number of amides is 1. The third-order valence-electron chi connectivity index (χ3n) is 3.40. The molecule has 108 valence electrons. The van der Waals surface area contributed by atoms with E-state index in [1.54, 1.807) is 6.07 Å². The fourth-order valence-corrected chi connectivity index (χ4v) is 3.31. The minimum Gasteiger partial charge on any atom is -0.481 e. The lowest BCUT2D eigenvalue weighted by molar-refractivity contribution is -0.140. The standard InChI is InChI=1S/C14H16ClNO3S/c15-10-4-1-2-5-11(10)20-9-12(17)16-14(6-3-7-14)8-13(18)19/h1-2,4-5H,3,6-9H2,(H,16,17)(H,18,19). The first kappa shape index (κ1) is 15.2. The second kappa shape index (κ2) is 6.50. The molecule has 2 rings (SSSR count). The van der Waals surface area contributed by atoms with Gasteiger partial charge in [0, 0.05) is 4.90 Å². The van der Waals surface area contributed by atoms with Crippen LogP contribution in [0.3, 0.4) is 0 Å². The van der Waals surface area contributed by atoms with Crippen molar-refractivity contribution in [3.8, 4) is 0 Å². The van der Waals surface area contributed by atoms with Crippen molar-refractivity contribution in [3.63, 3.8) is 0 Å². The van der Waals surface area contributed by atoms with Crippen LogP contribution >= 0.6 is 23.4 Å². The van der Waals surface area contributed by atoms with Gasteiger partial charge in [0.05, 0.1) is 22.7 Å². The predicted octanol–water partition coefficient (Wildman–Crippen LogP) is 2.95. The molecule has 1 aliphatic carbocycles. The molecule has 0 radical (unpaired) electrons. The Morgan fingerprint density at radius 1 is 1.35 bits per heavy atom. The molecule has 0 spiro atoms. The van der Waals surface area contributed by atoms with E-state index in [0.717, 1.165) is 24.2 Å². The molecule has 1 fully saturated rings. The van der Waals surface area contributed by atoms with Crippen LogP contribution in [-0.2, 0) is 9.59 Å². The number of rotatable bonds is 6. The molecule has 0 aliphatic heterocycles. The Morgan fingerprint density at radius 2 is 2.05 bits per heavy atom. The molecule has 0 aromatic heterocycles. The number of hydrogen-bond acceptors (Lipinski definition) is 3. The number of thioether (sulfide) groups is 1. The molecule has 6 heteroatoms. The van der Waals surface area contributed by atoms with Crippen LogP contribution < -0.4 is 5.32 Å². The normalized spacial score (nSPS) is 16.2. The van der Waals surface area contributed by atoms with Gasteiger partial charge in [0.2, 0.25) is 5.91 Å². The maximum absolute atomic E-state index is 11.9. The van der Waals surface area contributed by atoms with Gasteiger partial charge in [-0.2, -0.15) is 0 Å². The zero-order valence-corrected chi connectivity index (χ0v) is 12.5. The molecule has 1 aromatic rings. The number of carbonyl (C=O) groups excluding carboxylic acids is 1. The van der Waals surface area contributed by atoms with E-state index in [4.69, 9.17) is 16.7 Å². The maximum Gasteiger partial charge on any atom is 0.305 e. The van der Waals surface area contributed by atoms with E-state index in [2.05, 4.69) is 5.32 Å². The van der Waals surface area contributed by atoms with Gasteiger partial charge in [-0.15, -0.1) is 11.8 Å². The average Bonchev–Trinajstić information content (AvgIpc) is 2.34. The van der Waals surface area contributed by atoms with Crippen molar-refractivity contribution in [3.05, 3.63) is 29.3 Å². The molecule has 0 saturated heterocycles. The Labute approximate surface area is 126 Å². The summed E-state index contributed by atoms with van der Waals surface area (Å²) in [5, 5.41) is 12.4. The fourth-order valence-electron chi connectivity index (χ4n) is 2.28. The van der Waals surface area contributed by atoms with Crippen LogP contribution in [0.4, 0.5) is 0 Å². The van der Waals surface area contributed by atoms with E-state index in [9.17, 15) is 9.59 Å². The third kappa shape index (κ3) is 3.90. The second-order valence-corrected chi connectivity index (χ2v) is 6.40. The second-order valence-electron chi connectivity index (χ2n) is 4.97. The van der Waals surface area contributed by atoms with Gasteiger partial charge in [-0.3, -0.25) is 9.59 Å². The smallest absolute Gasteiger partial charge is 0.305 e. The van der Waals surface area contributed by atoms with Crippen LogP contribution in [0.25, 0.3) is 0 Å². The number of benzene rings is 1. The first-order valence-corrected chi connectivity index (χ1v) is 7.77. The van der Waals surface area contributed by atoms with Gasteiger partial charge in [0.1, 0.15) is 0 Å². The van der Waals surface area contributed by atoms with Crippen LogP contribution in [0.2, 0.25) is 5.02 Å². The lowest BCUT2D eigenvalue weighted by Gasteiger charge is -2.41. The highest BCUT2D eigenvalue weighted by molar-refractivity contribution is 8.00. The van der Waals surface area contributed by atoms with Crippen LogP contribution in [0.15, 0.2) is 29.2 Å². The number of carboxylic acid groups (broad SMARTS) is 1. The first-order valence-electron chi connectivity index (χ1n) is 6.41. The topological polar surface area (TPSA) is 66.4 Å². The van der Waals surface area contributed by atoms with E-state index >= 15 is 0 Å². The highest BCUT2D eigenvalue weighted by Gasteiger charge is 2.40. The summed E-state index contributed by atoms with van der Waals surface area (Å²) in [6, 6.07) is 7.34. The molecule has 1 amide bonds. The van der Waals surface area contributed by atoms with Gasteiger partial charge in [-0.05, 0) is 31.4 Å². The third-order valence-corrected chi connectivity index (χ3v) is 4.92. The van der Waals surface area contributed by atoms with E-state index in [0.29, 0.717) is 5.02 Å². The van der Waals surface area contributed by atoms with Gasteiger partial charge >= 0.3 is 5.97 Å². The van der Waals surface area contributed by atoms with Crippen molar-refractivity contribution in [2.24, 2.45) is 0 Å². The zero-order chi connectivity index (χ0) is 14.6. The largest absolute Gasteiger partial charge is 0.481 e. The highest BCUT2D eigenvalue weighted by atomic mass is 35.5. The molecule has 0 bridgehead atoms. The van der Waals surface area contributed by atoms with Crippen LogP contribution in [0.5, 0.6) is 0 Å². The molecular weight excluding hydrogens is 298 g/mol. The molecule has 2 N–H and O–H groups in total. The average molecular weight is 314 g/mol. The Kier molecular flexibility index (Phi) is 4.94. The summed E-state index contributed by atoms with van der Waals surface area (Å²) in [5.41, 5.74) is -0.538. The Balaban J connectivity index is 1.86. The van der Waals surface area contributed by atoms with Gasteiger partial charge in [0.25, 0.3) is 0 Å². The summed E-state index contributed by atoms with van der Waals surface area (Å²) < 4.78 is 0. The quantitative estimate of drug-likeness (QED) is 0.792. The number of hydrogen-bond donors (Lipinski definition) is 2. The molecule has 4 nitrogen and oxygen atoms in total. The summed E-state index contributed by atoms with van der Waals surface area (Å²) in [6.45, 7) is 0. The summed E-state index contributed by atoms with van der Waals surface area (Å²) in [4.78, 5) is 23.6. The van der Waals surface area contributed by atoms with Crippen LogP contribution in [0, 0.1) is 0 Å². The molecule has 1 aliphatic rings. The molecule has 20 heavy (non-hydrogen) atoms. The number of carboxylic acids is 1. The highest BCUT2D eigenvalue weighted by Crippen LogP contribution is 2.35. The van der Waals surface area contributed by atoms with Crippen LogP contribution in [0.1, 0.15) is 25.7 Å². The Hall–Kier alpha value is -1.20. The predicted molar refractivity (Wildman–Crippen MR) is 79.2 cm³/mol. The van der Waals surface area contributed by atoms with E-state index in [1.165, 1.54) is 11.8 Å². The van der Waals surface area contributed by atoms with E-state index < -0.39 is 11.5 Å². The molecule has 1 saturated carbocycles.